The van der Waals surface area contributed by atoms with Crippen LogP contribution in [0, 0.1) is 0 Å². The second kappa shape index (κ2) is 6.42. The number of aromatic nitrogens is 1. The monoisotopic (exact) mass is 312 g/mol. The molecule has 0 aliphatic rings. The summed E-state index contributed by atoms with van der Waals surface area (Å²) in [5.74, 6) is 1.62. The average molecular weight is 312 g/mol. The Hall–Kier alpha value is -3.33. The lowest BCUT2D eigenvalue weighted by Crippen LogP contribution is -1.93. The van der Waals surface area contributed by atoms with Gasteiger partial charge >= 0.3 is 0 Å². The highest BCUT2D eigenvalue weighted by Gasteiger charge is 2.03. The lowest BCUT2D eigenvalue weighted by atomic mass is 10.1. The van der Waals surface area contributed by atoms with Gasteiger partial charge in [-0.25, -0.2) is 4.98 Å². The smallest absolute Gasteiger partial charge is 0.134 e. The van der Waals surface area contributed by atoms with E-state index in [0.717, 1.165) is 22.8 Å². The Bertz CT molecular complexity index is 914. The molecule has 116 valence electrons. The first-order valence-electron chi connectivity index (χ1n) is 7.81. The molecule has 0 atom stereocenters. The van der Waals surface area contributed by atoms with Gasteiger partial charge in [-0.1, -0.05) is 42.5 Å². The van der Waals surface area contributed by atoms with Gasteiger partial charge in [0.15, 0.2) is 0 Å². The van der Waals surface area contributed by atoms with Gasteiger partial charge in [-0.3, -0.25) is 0 Å². The molecule has 24 heavy (non-hydrogen) atoms. The molecule has 2 heterocycles. The average Bonchev–Trinajstić information content (AvgIpc) is 3.18. The first-order chi connectivity index (χ1) is 11.9. The third kappa shape index (κ3) is 3.06. The molecule has 0 amide bonds. The van der Waals surface area contributed by atoms with Crippen LogP contribution >= 0.6 is 0 Å². The highest BCUT2D eigenvalue weighted by molar-refractivity contribution is 5.69. The Morgan fingerprint density at radius 1 is 0.708 bits per heavy atom. The molecule has 2 aromatic carbocycles. The van der Waals surface area contributed by atoms with Crippen LogP contribution in [0.2, 0.25) is 0 Å². The molecular formula is C21H16N2O. The van der Waals surface area contributed by atoms with Crippen LogP contribution in [-0.4, -0.2) is 4.98 Å². The van der Waals surface area contributed by atoms with E-state index < -0.39 is 0 Å². The van der Waals surface area contributed by atoms with Crippen molar-refractivity contribution in [2.45, 2.75) is 0 Å². The van der Waals surface area contributed by atoms with E-state index in [1.807, 2.05) is 42.5 Å². The molecule has 0 aliphatic heterocycles. The van der Waals surface area contributed by atoms with Crippen molar-refractivity contribution in [3.8, 4) is 22.5 Å². The first-order valence-corrected chi connectivity index (χ1v) is 7.81. The fourth-order valence-corrected chi connectivity index (χ4v) is 2.62. The number of nitrogens with one attached hydrogen (secondary N) is 1. The summed E-state index contributed by atoms with van der Waals surface area (Å²) in [6.45, 7) is 0. The van der Waals surface area contributed by atoms with E-state index in [9.17, 15) is 0 Å². The fraction of sp³-hybridized carbons (Fsp3) is 0. The van der Waals surface area contributed by atoms with Crippen LogP contribution in [0.4, 0.5) is 11.5 Å². The molecule has 0 saturated heterocycles. The molecule has 0 unspecified atom stereocenters. The van der Waals surface area contributed by atoms with Crippen LogP contribution in [0.5, 0.6) is 0 Å². The number of hydrogen-bond acceptors (Lipinski definition) is 3. The summed E-state index contributed by atoms with van der Waals surface area (Å²) in [6.07, 6.45) is 3.45. The van der Waals surface area contributed by atoms with Crippen molar-refractivity contribution in [3.63, 3.8) is 0 Å². The zero-order chi connectivity index (χ0) is 16.2. The van der Waals surface area contributed by atoms with Gasteiger partial charge in [0.25, 0.3) is 0 Å². The van der Waals surface area contributed by atoms with E-state index in [-0.39, 0.29) is 0 Å². The SMILES string of the molecule is c1ccc(-c2ccc(Nc3cc(-c4ccco4)ccn3)cc2)cc1. The normalized spacial score (nSPS) is 10.5. The number of pyridine rings is 1. The minimum atomic E-state index is 0.788. The lowest BCUT2D eigenvalue weighted by Gasteiger charge is -2.08. The molecule has 4 rings (SSSR count). The molecule has 3 heteroatoms. The number of anilines is 2. The van der Waals surface area contributed by atoms with E-state index in [1.165, 1.54) is 11.1 Å². The van der Waals surface area contributed by atoms with Gasteiger partial charge < -0.3 is 9.73 Å². The Balaban J connectivity index is 1.55. The quantitative estimate of drug-likeness (QED) is 0.521. The van der Waals surface area contributed by atoms with Crippen LogP contribution in [0.3, 0.4) is 0 Å². The maximum atomic E-state index is 5.43. The van der Waals surface area contributed by atoms with Crippen LogP contribution in [-0.2, 0) is 0 Å². The Kier molecular flexibility index (Phi) is 3.82. The summed E-state index contributed by atoms with van der Waals surface area (Å²) in [5.41, 5.74) is 4.40. The molecule has 0 aliphatic carbocycles. The van der Waals surface area contributed by atoms with Crippen molar-refractivity contribution in [1.82, 2.24) is 4.98 Å². The van der Waals surface area contributed by atoms with Crippen molar-refractivity contribution >= 4 is 11.5 Å². The van der Waals surface area contributed by atoms with Gasteiger partial charge in [0.1, 0.15) is 11.6 Å². The predicted molar refractivity (Wildman–Crippen MR) is 97.1 cm³/mol. The first kappa shape index (κ1) is 14.3. The van der Waals surface area contributed by atoms with E-state index in [4.69, 9.17) is 4.42 Å². The molecule has 4 aromatic rings. The van der Waals surface area contributed by atoms with Gasteiger partial charge in [0, 0.05) is 17.4 Å². The molecule has 3 nitrogen and oxygen atoms in total. The van der Waals surface area contributed by atoms with E-state index in [2.05, 4.69) is 46.7 Å². The van der Waals surface area contributed by atoms with Gasteiger partial charge in [-0.2, -0.15) is 0 Å². The predicted octanol–water partition coefficient (Wildman–Crippen LogP) is 5.75. The molecular weight excluding hydrogens is 296 g/mol. The van der Waals surface area contributed by atoms with Crippen LogP contribution in [0.25, 0.3) is 22.5 Å². The van der Waals surface area contributed by atoms with Gasteiger partial charge in [-0.05, 0) is 47.5 Å². The van der Waals surface area contributed by atoms with Crippen molar-refractivity contribution in [3.05, 3.63) is 91.3 Å². The van der Waals surface area contributed by atoms with E-state index in [1.54, 1.807) is 12.5 Å². The Morgan fingerprint density at radius 3 is 2.25 bits per heavy atom. The highest BCUT2D eigenvalue weighted by atomic mass is 16.3. The van der Waals surface area contributed by atoms with E-state index in [0.29, 0.717) is 0 Å². The minimum Gasteiger partial charge on any atom is -0.464 e. The molecule has 0 radical (unpaired) electrons. The Morgan fingerprint density at radius 2 is 1.50 bits per heavy atom. The Labute approximate surface area is 140 Å². The second-order valence-corrected chi connectivity index (χ2v) is 5.48. The molecule has 0 fully saturated rings. The molecule has 0 saturated carbocycles. The summed E-state index contributed by atoms with van der Waals surface area (Å²) < 4.78 is 5.43. The third-order valence-electron chi connectivity index (χ3n) is 3.83. The summed E-state index contributed by atoms with van der Waals surface area (Å²) in [7, 11) is 0. The zero-order valence-electron chi connectivity index (χ0n) is 13.0. The van der Waals surface area contributed by atoms with Crippen molar-refractivity contribution in [2.75, 3.05) is 5.32 Å². The van der Waals surface area contributed by atoms with Crippen molar-refractivity contribution in [1.29, 1.82) is 0 Å². The fourth-order valence-electron chi connectivity index (χ4n) is 2.62. The number of rotatable bonds is 4. The second-order valence-electron chi connectivity index (χ2n) is 5.48. The number of furan rings is 1. The topological polar surface area (TPSA) is 38.1 Å². The largest absolute Gasteiger partial charge is 0.464 e. The van der Waals surface area contributed by atoms with Crippen LogP contribution < -0.4 is 5.32 Å². The highest BCUT2D eigenvalue weighted by Crippen LogP contribution is 2.25. The summed E-state index contributed by atoms with van der Waals surface area (Å²) >= 11 is 0. The molecule has 2 aromatic heterocycles. The summed E-state index contributed by atoms with van der Waals surface area (Å²) in [4.78, 5) is 4.37. The number of hydrogen-bond donors (Lipinski definition) is 1. The van der Waals surface area contributed by atoms with Crippen molar-refractivity contribution < 1.29 is 4.42 Å². The minimum absolute atomic E-state index is 0.788. The van der Waals surface area contributed by atoms with Crippen molar-refractivity contribution in [2.24, 2.45) is 0 Å². The summed E-state index contributed by atoms with van der Waals surface area (Å²) in [5, 5.41) is 3.33. The zero-order valence-corrected chi connectivity index (χ0v) is 13.0. The number of benzene rings is 2. The van der Waals surface area contributed by atoms with Gasteiger partial charge in [0.05, 0.1) is 6.26 Å². The van der Waals surface area contributed by atoms with Crippen LogP contribution in [0.15, 0.2) is 95.7 Å². The maximum absolute atomic E-state index is 5.43. The van der Waals surface area contributed by atoms with Gasteiger partial charge in [-0.15, -0.1) is 0 Å². The van der Waals surface area contributed by atoms with Gasteiger partial charge in [0.2, 0.25) is 0 Å². The maximum Gasteiger partial charge on any atom is 0.134 e. The molecule has 0 spiro atoms. The third-order valence-corrected chi connectivity index (χ3v) is 3.83. The number of nitrogens with zero attached hydrogens (tertiary/aromatic N) is 1. The van der Waals surface area contributed by atoms with Crippen LogP contribution in [0.1, 0.15) is 0 Å². The lowest BCUT2D eigenvalue weighted by molar-refractivity contribution is 0.582. The molecule has 1 N–H and O–H groups in total. The molecule has 0 bridgehead atoms. The van der Waals surface area contributed by atoms with E-state index >= 15 is 0 Å². The summed E-state index contributed by atoms with van der Waals surface area (Å²) in [6, 6.07) is 26.4. The standard InChI is InChI=1S/C21H16N2O/c1-2-5-16(6-3-1)17-8-10-19(11-9-17)23-21-15-18(12-13-22-21)20-7-4-14-24-20/h1-15H,(H,22,23).